The van der Waals surface area contributed by atoms with Crippen LogP contribution < -0.4 is 11.0 Å². The van der Waals surface area contributed by atoms with Crippen LogP contribution in [0.4, 0.5) is 5.82 Å². The SMILES string of the molecule is O=C(Cn1nc2n(c1=O)CCCCC2)Nc1ccnn1Cc1ccccc1Br. The lowest BCUT2D eigenvalue weighted by Crippen LogP contribution is -2.30. The molecule has 1 aliphatic rings. The normalized spacial score (nSPS) is 13.8. The first-order chi connectivity index (χ1) is 13.6. The van der Waals surface area contributed by atoms with E-state index in [-0.39, 0.29) is 18.1 Å². The van der Waals surface area contributed by atoms with Crippen molar-refractivity contribution in [3.05, 3.63) is 62.9 Å². The Balaban J connectivity index is 1.46. The zero-order valence-corrected chi connectivity index (χ0v) is 16.9. The first-order valence-electron chi connectivity index (χ1n) is 9.33. The topological polar surface area (TPSA) is 86.7 Å². The second-order valence-electron chi connectivity index (χ2n) is 6.83. The van der Waals surface area contributed by atoms with E-state index in [1.165, 1.54) is 4.68 Å². The number of nitrogens with zero attached hydrogens (tertiary/aromatic N) is 5. The Labute approximate surface area is 170 Å². The highest BCUT2D eigenvalue weighted by atomic mass is 79.9. The van der Waals surface area contributed by atoms with Crippen molar-refractivity contribution < 1.29 is 4.79 Å². The third-order valence-corrected chi connectivity index (χ3v) is 5.61. The lowest BCUT2D eigenvalue weighted by atomic mass is 10.2. The van der Waals surface area contributed by atoms with Crippen molar-refractivity contribution >= 4 is 27.7 Å². The summed E-state index contributed by atoms with van der Waals surface area (Å²) in [5.74, 6) is 1.05. The quantitative estimate of drug-likeness (QED) is 0.654. The number of nitrogens with one attached hydrogen (secondary N) is 1. The number of anilines is 1. The molecule has 0 fully saturated rings. The number of hydrogen-bond acceptors (Lipinski definition) is 4. The number of aryl methyl sites for hydroxylation is 1. The highest BCUT2D eigenvalue weighted by Gasteiger charge is 2.18. The highest BCUT2D eigenvalue weighted by Crippen LogP contribution is 2.18. The van der Waals surface area contributed by atoms with Gasteiger partial charge >= 0.3 is 5.69 Å². The molecule has 146 valence electrons. The summed E-state index contributed by atoms with van der Waals surface area (Å²) in [6, 6.07) is 9.60. The number of carbonyl (C=O) groups excluding carboxylic acids is 1. The molecule has 2 aromatic heterocycles. The van der Waals surface area contributed by atoms with Crippen molar-refractivity contribution in [3.63, 3.8) is 0 Å². The van der Waals surface area contributed by atoms with Gasteiger partial charge in [0.05, 0.1) is 12.7 Å². The van der Waals surface area contributed by atoms with Crippen molar-refractivity contribution in [2.75, 3.05) is 5.32 Å². The van der Waals surface area contributed by atoms with Crippen LogP contribution in [0.15, 0.2) is 45.8 Å². The van der Waals surface area contributed by atoms with E-state index in [4.69, 9.17) is 0 Å². The van der Waals surface area contributed by atoms with E-state index in [1.807, 2.05) is 24.3 Å². The summed E-state index contributed by atoms with van der Waals surface area (Å²) in [6.07, 6.45) is 5.51. The molecule has 0 spiro atoms. The minimum Gasteiger partial charge on any atom is -0.309 e. The van der Waals surface area contributed by atoms with E-state index in [1.54, 1.807) is 21.5 Å². The Morgan fingerprint density at radius 3 is 2.86 bits per heavy atom. The second kappa shape index (κ2) is 8.14. The number of aromatic nitrogens is 5. The van der Waals surface area contributed by atoms with Crippen LogP contribution >= 0.6 is 15.9 Å². The first kappa shape index (κ1) is 18.7. The summed E-state index contributed by atoms with van der Waals surface area (Å²) < 4.78 is 5.64. The standard InChI is InChI=1S/C19H21BrN6O2/c20-15-7-4-3-6-14(15)12-25-16(9-10-21-25)22-18(27)13-26-19(28)24-11-5-1-2-8-17(24)23-26/h3-4,6-7,9-10H,1-2,5,8,11-13H2,(H,22,27). The van der Waals surface area contributed by atoms with Crippen LogP contribution in [0.25, 0.3) is 0 Å². The van der Waals surface area contributed by atoms with Gasteiger partial charge in [0, 0.05) is 23.5 Å². The van der Waals surface area contributed by atoms with Crippen LogP contribution in [-0.2, 0) is 30.8 Å². The monoisotopic (exact) mass is 444 g/mol. The lowest BCUT2D eigenvalue weighted by molar-refractivity contribution is -0.117. The number of halogens is 1. The summed E-state index contributed by atoms with van der Waals surface area (Å²) in [7, 11) is 0. The van der Waals surface area contributed by atoms with Gasteiger partial charge in [0.1, 0.15) is 18.2 Å². The molecule has 0 bridgehead atoms. The summed E-state index contributed by atoms with van der Waals surface area (Å²) >= 11 is 3.53. The van der Waals surface area contributed by atoms with E-state index >= 15 is 0 Å². The van der Waals surface area contributed by atoms with Crippen molar-refractivity contribution in [3.8, 4) is 0 Å². The number of amides is 1. The Morgan fingerprint density at radius 1 is 1.14 bits per heavy atom. The van der Waals surface area contributed by atoms with Crippen molar-refractivity contribution in [2.24, 2.45) is 0 Å². The number of carbonyl (C=O) groups is 1. The molecule has 0 atom stereocenters. The molecule has 1 aliphatic heterocycles. The van der Waals surface area contributed by atoms with Gasteiger partial charge in [-0.3, -0.25) is 9.36 Å². The predicted octanol–water partition coefficient (Wildman–Crippen LogP) is 2.42. The number of fused-ring (bicyclic) bond motifs is 1. The zero-order chi connectivity index (χ0) is 19.5. The maximum Gasteiger partial charge on any atom is 0.346 e. The van der Waals surface area contributed by atoms with Gasteiger partial charge < -0.3 is 5.32 Å². The summed E-state index contributed by atoms with van der Waals surface area (Å²) in [5.41, 5.74) is 0.838. The van der Waals surface area contributed by atoms with Crippen molar-refractivity contribution in [1.29, 1.82) is 0 Å². The van der Waals surface area contributed by atoms with E-state index in [9.17, 15) is 9.59 Å². The van der Waals surface area contributed by atoms with E-state index in [2.05, 4.69) is 31.4 Å². The molecule has 9 heteroatoms. The second-order valence-corrected chi connectivity index (χ2v) is 7.69. The maximum absolute atomic E-state index is 12.5. The average molecular weight is 445 g/mol. The third kappa shape index (κ3) is 3.94. The smallest absolute Gasteiger partial charge is 0.309 e. The maximum atomic E-state index is 12.5. The summed E-state index contributed by atoms with van der Waals surface area (Å²) in [6.45, 7) is 1.08. The molecule has 0 saturated heterocycles. The van der Waals surface area contributed by atoms with Gasteiger partial charge in [-0.15, -0.1) is 0 Å². The predicted molar refractivity (Wildman–Crippen MR) is 108 cm³/mol. The molecular formula is C19H21BrN6O2. The largest absolute Gasteiger partial charge is 0.346 e. The third-order valence-electron chi connectivity index (χ3n) is 4.84. The Morgan fingerprint density at radius 2 is 2.00 bits per heavy atom. The van der Waals surface area contributed by atoms with Crippen LogP contribution in [-0.4, -0.2) is 30.0 Å². The molecular weight excluding hydrogens is 424 g/mol. The van der Waals surface area contributed by atoms with E-state index in [0.29, 0.717) is 18.9 Å². The van der Waals surface area contributed by atoms with Gasteiger partial charge in [-0.25, -0.2) is 14.2 Å². The van der Waals surface area contributed by atoms with Crippen LogP contribution in [0.3, 0.4) is 0 Å². The van der Waals surface area contributed by atoms with Crippen LogP contribution in [0.2, 0.25) is 0 Å². The molecule has 28 heavy (non-hydrogen) atoms. The number of rotatable bonds is 5. The number of hydrogen-bond donors (Lipinski definition) is 1. The van der Waals surface area contributed by atoms with Gasteiger partial charge in [0.25, 0.3) is 0 Å². The fraction of sp³-hybridized carbons (Fsp3) is 0.368. The molecule has 1 N–H and O–H groups in total. The molecule has 4 rings (SSSR count). The summed E-state index contributed by atoms with van der Waals surface area (Å²) in [4.78, 5) is 25.0. The van der Waals surface area contributed by atoms with Crippen LogP contribution in [0.5, 0.6) is 0 Å². The van der Waals surface area contributed by atoms with E-state index in [0.717, 1.165) is 41.5 Å². The number of benzene rings is 1. The first-order valence-corrected chi connectivity index (χ1v) is 10.1. The molecule has 0 saturated carbocycles. The molecule has 0 radical (unpaired) electrons. The van der Waals surface area contributed by atoms with Gasteiger partial charge in [-0.05, 0) is 24.5 Å². The van der Waals surface area contributed by atoms with Crippen molar-refractivity contribution in [2.45, 2.75) is 45.3 Å². The molecule has 3 heterocycles. The van der Waals surface area contributed by atoms with Gasteiger partial charge in [0.2, 0.25) is 5.91 Å². The van der Waals surface area contributed by atoms with E-state index < -0.39 is 0 Å². The van der Waals surface area contributed by atoms with Crippen molar-refractivity contribution in [1.82, 2.24) is 24.1 Å². The molecule has 0 aliphatic carbocycles. The fourth-order valence-electron chi connectivity index (χ4n) is 3.40. The van der Waals surface area contributed by atoms with Crippen LogP contribution in [0, 0.1) is 0 Å². The Kier molecular flexibility index (Phi) is 5.43. The summed E-state index contributed by atoms with van der Waals surface area (Å²) in [5, 5.41) is 11.5. The van der Waals surface area contributed by atoms with Gasteiger partial charge in [0.15, 0.2) is 0 Å². The molecule has 3 aromatic rings. The fourth-order valence-corrected chi connectivity index (χ4v) is 3.81. The van der Waals surface area contributed by atoms with Gasteiger partial charge in [-0.1, -0.05) is 40.5 Å². The molecule has 8 nitrogen and oxygen atoms in total. The molecule has 0 unspecified atom stereocenters. The molecule has 1 amide bonds. The minimum absolute atomic E-state index is 0.112. The van der Waals surface area contributed by atoms with Gasteiger partial charge in [-0.2, -0.15) is 10.2 Å². The molecule has 1 aromatic carbocycles. The minimum atomic E-state index is -0.302. The average Bonchev–Trinajstić information content (AvgIpc) is 3.12. The highest BCUT2D eigenvalue weighted by molar-refractivity contribution is 9.10. The van der Waals surface area contributed by atoms with Crippen LogP contribution in [0.1, 0.15) is 30.7 Å². The zero-order valence-electron chi connectivity index (χ0n) is 15.3. The lowest BCUT2D eigenvalue weighted by Gasteiger charge is -2.10. The Bertz CT molecular complexity index is 1050. The Hall–Kier alpha value is -2.68.